The molecular formula is C11H17NO5. The molecule has 1 N–H and O–H groups in total. The maximum absolute atomic E-state index is 11.5. The van der Waals surface area contributed by atoms with Gasteiger partial charge in [-0.2, -0.15) is 5.48 Å². The number of rotatable bonds is 2. The fourth-order valence-corrected chi connectivity index (χ4v) is 1.78. The number of ether oxygens (including phenoxy) is 1. The standard InChI is InChI=1S/C11H17NO5/c1-2-16-10(14)11(15)17-12-9(13)8-6-4-3-5-7-8/h8H,2-7H2,1H3,(H,12,13). The van der Waals surface area contributed by atoms with Crippen LogP contribution in [0.4, 0.5) is 0 Å². The summed E-state index contributed by atoms with van der Waals surface area (Å²) in [4.78, 5) is 37.8. The average Bonchev–Trinajstić information content (AvgIpc) is 2.36. The molecule has 1 fully saturated rings. The molecule has 0 radical (unpaired) electrons. The van der Waals surface area contributed by atoms with E-state index in [1.807, 2.05) is 5.48 Å². The SMILES string of the molecule is CCOC(=O)C(=O)ONC(=O)C1CCCCC1. The summed E-state index contributed by atoms with van der Waals surface area (Å²) < 4.78 is 4.42. The Bertz CT molecular complexity index is 296. The summed E-state index contributed by atoms with van der Waals surface area (Å²) in [5, 5.41) is 0. The van der Waals surface area contributed by atoms with Crippen LogP contribution < -0.4 is 5.48 Å². The van der Waals surface area contributed by atoms with E-state index in [1.165, 1.54) is 0 Å². The lowest BCUT2D eigenvalue weighted by Gasteiger charge is -2.19. The molecule has 17 heavy (non-hydrogen) atoms. The molecule has 0 bridgehead atoms. The molecule has 0 atom stereocenters. The zero-order chi connectivity index (χ0) is 12.7. The van der Waals surface area contributed by atoms with E-state index < -0.39 is 11.9 Å². The quantitative estimate of drug-likeness (QED) is 0.438. The van der Waals surface area contributed by atoms with Crippen LogP contribution in [-0.4, -0.2) is 24.5 Å². The van der Waals surface area contributed by atoms with E-state index in [9.17, 15) is 14.4 Å². The van der Waals surface area contributed by atoms with Gasteiger partial charge in [-0.05, 0) is 19.8 Å². The van der Waals surface area contributed by atoms with Crippen molar-refractivity contribution in [1.29, 1.82) is 0 Å². The third-order valence-electron chi connectivity index (χ3n) is 2.66. The number of amides is 1. The number of carbonyl (C=O) groups excluding carboxylic acids is 3. The summed E-state index contributed by atoms with van der Waals surface area (Å²) in [5.41, 5.74) is 2.00. The molecule has 0 aromatic heterocycles. The Morgan fingerprint density at radius 3 is 2.35 bits per heavy atom. The van der Waals surface area contributed by atoms with Gasteiger partial charge in [-0.15, -0.1) is 0 Å². The van der Waals surface area contributed by atoms with Gasteiger partial charge in [-0.3, -0.25) is 4.79 Å². The largest absolute Gasteiger partial charge is 0.458 e. The zero-order valence-corrected chi connectivity index (χ0v) is 9.86. The number of hydrogen-bond acceptors (Lipinski definition) is 5. The van der Waals surface area contributed by atoms with Gasteiger partial charge in [0.1, 0.15) is 0 Å². The normalized spacial score (nSPS) is 16.1. The predicted molar refractivity (Wildman–Crippen MR) is 57.4 cm³/mol. The molecule has 96 valence electrons. The molecule has 0 saturated heterocycles. The minimum Gasteiger partial charge on any atom is -0.458 e. The fraction of sp³-hybridized carbons (Fsp3) is 0.727. The first-order chi connectivity index (χ1) is 8.15. The van der Waals surface area contributed by atoms with Crippen LogP contribution in [0.25, 0.3) is 0 Å². The number of carbonyl (C=O) groups is 3. The molecular weight excluding hydrogens is 226 g/mol. The summed E-state index contributed by atoms with van der Waals surface area (Å²) in [6, 6.07) is 0. The molecule has 0 heterocycles. The fourth-order valence-electron chi connectivity index (χ4n) is 1.78. The van der Waals surface area contributed by atoms with Crippen molar-refractivity contribution in [3.8, 4) is 0 Å². The first-order valence-corrected chi connectivity index (χ1v) is 5.83. The summed E-state index contributed by atoms with van der Waals surface area (Å²) in [5.74, 6) is -2.77. The van der Waals surface area contributed by atoms with Crippen LogP contribution in [0.3, 0.4) is 0 Å². The van der Waals surface area contributed by atoms with Gasteiger partial charge in [0.25, 0.3) is 5.91 Å². The molecule has 6 heteroatoms. The second-order valence-corrected chi connectivity index (χ2v) is 3.91. The van der Waals surface area contributed by atoms with Gasteiger partial charge in [0.05, 0.1) is 6.61 Å². The summed E-state index contributed by atoms with van der Waals surface area (Å²) in [6.45, 7) is 1.66. The predicted octanol–water partition coefficient (Wildman–Crippen LogP) is 0.704. The molecule has 6 nitrogen and oxygen atoms in total. The third-order valence-corrected chi connectivity index (χ3v) is 2.66. The molecule has 1 rings (SSSR count). The van der Waals surface area contributed by atoms with Crippen molar-refractivity contribution in [2.75, 3.05) is 6.61 Å². The zero-order valence-electron chi connectivity index (χ0n) is 9.86. The van der Waals surface area contributed by atoms with Gasteiger partial charge in [-0.25, -0.2) is 9.59 Å². The van der Waals surface area contributed by atoms with Crippen molar-refractivity contribution < 1.29 is 24.0 Å². The summed E-state index contributed by atoms with van der Waals surface area (Å²) in [6.07, 6.45) is 4.73. The van der Waals surface area contributed by atoms with Crippen molar-refractivity contribution in [3.05, 3.63) is 0 Å². The third kappa shape index (κ3) is 4.42. The minimum absolute atomic E-state index is 0.0878. The van der Waals surface area contributed by atoms with E-state index in [0.29, 0.717) is 0 Å². The van der Waals surface area contributed by atoms with Gasteiger partial charge in [0.2, 0.25) is 0 Å². The maximum atomic E-state index is 11.5. The van der Waals surface area contributed by atoms with Crippen molar-refractivity contribution in [2.24, 2.45) is 5.92 Å². The molecule has 0 spiro atoms. The van der Waals surface area contributed by atoms with Crippen molar-refractivity contribution in [1.82, 2.24) is 5.48 Å². The van der Waals surface area contributed by atoms with E-state index >= 15 is 0 Å². The van der Waals surface area contributed by atoms with Crippen molar-refractivity contribution in [3.63, 3.8) is 0 Å². The molecule has 0 unspecified atom stereocenters. The topological polar surface area (TPSA) is 81.7 Å². The molecule has 0 aromatic carbocycles. The molecule has 1 amide bonds. The van der Waals surface area contributed by atoms with Crippen LogP contribution in [-0.2, 0) is 24.0 Å². The highest BCUT2D eigenvalue weighted by Crippen LogP contribution is 2.23. The van der Waals surface area contributed by atoms with Crippen LogP contribution in [0.2, 0.25) is 0 Å². The Kier molecular flexibility index (Phi) is 5.45. The lowest BCUT2D eigenvalue weighted by molar-refractivity contribution is -0.174. The molecule has 1 aliphatic rings. The molecule has 1 aliphatic carbocycles. The van der Waals surface area contributed by atoms with Gasteiger partial charge >= 0.3 is 11.9 Å². The van der Waals surface area contributed by atoms with Crippen LogP contribution in [0, 0.1) is 5.92 Å². The highest BCUT2D eigenvalue weighted by atomic mass is 16.7. The van der Waals surface area contributed by atoms with E-state index in [1.54, 1.807) is 6.92 Å². The second-order valence-electron chi connectivity index (χ2n) is 3.91. The van der Waals surface area contributed by atoms with Gasteiger partial charge < -0.3 is 9.57 Å². The number of esters is 1. The Hall–Kier alpha value is -1.59. The highest BCUT2D eigenvalue weighted by molar-refractivity contribution is 6.29. The first-order valence-electron chi connectivity index (χ1n) is 5.83. The van der Waals surface area contributed by atoms with Crippen LogP contribution in [0.5, 0.6) is 0 Å². The Morgan fingerprint density at radius 2 is 1.76 bits per heavy atom. The Labute approximate surface area is 99.6 Å². The summed E-state index contributed by atoms with van der Waals surface area (Å²) in [7, 11) is 0. The molecule has 1 saturated carbocycles. The van der Waals surface area contributed by atoms with Gasteiger partial charge in [0, 0.05) is 5.92 Å². The first kappa shape index (κ1) is 13.5. The van der Waals surface area contributed by atoms with Crippen LogP contribution >= 0.6 is 0 Å². The van der Waals surface area contributed by atoms with Gasteiger partial charge in [0.15, 0.2) is 0 Å². The maximum Gasteiger partial charge on any atom is 0.441 e. The van der Waals surface area contributed by atoms with Crippen molar-refractivity contribution in [2.45, 2.75) is 39.0 Å². The molecule has 0 aliphatic heterocycles. The van der Waals surface area contributed by atoms with E-state index in [0.717, 1.165) is 32.1 Å². The number of nitrogens with one attached hydrogen (secondary N) is 1. The van der Waals surface area contributed by atoms with E-state index in [2.05, 4.69) is 9.57 Å². The summed E-state index contributed by atoms with van der Waals surface area (Å²) >= 11 is 0. The minimum atomic E-state index is -1.20. The monoisotopic (exact) mass is 243 g/mol. The lowest BCUT2D eigenvalue weighted by atomic mass is 9.89. The smallest absolute Gasteiger partial charge is 0.441 e. The Balaban J connectivity index is 2.27. The second kappa shape index (κ2) is 6.88. The van der Waals surface area contributed by atoms with Crippen molar-refractivity contribution >= 4 is 17.8 Å². The van der Waals surface area contributed by atoms with Gasteiger partial charge in [-0.1, -0.05) is 19.3 Å². The average molecular weight is 243 g/mol. The van der Waals surface area contributed by atoms with E-state index in [-0.39, 0.29) is 18.4 Å². The van der Waals surface area contributed by atoms with Crippen LogP contribution in [0.15, 0.2) is 0 Å². The molecule has 0 aromatic rings. The Morgan fingerprint density at radius 1 is 1.12 bits per heavy atom. The van der Waals surface area contributed by atoms with E-state index in [4.69, 9.17) is 0 Å². The number of hydrogen-bond donors (Lipinski definition) is 1. The number of hydroxylamine groups is 1. The lowest BCUT2D eigenvalue weighted by Crippen LogP contribution is -2.36. The highest BCUT2D eigenvalue weighted by Gasteiger charge is 2.24. The van der Waals surface area contributed by atoms with Crippen LogP contribution in [0.1, 0.15) is 39.0 Å².